The van der Waals surface area contributed by atoms with Gasteiger partial charge in [0.2, 0.25) is 0 Å². The van der Waals surface area contributed by atoms with E-state index in [2.05, 4.69) is 4.74 Å². The summed E-state index contributed by atoms with van der Waals surface area (Å²) in [5.74, 6) is 0.457. The minimum Gasteiger partial charge on any atom is -0.497 e. The Hall–Kier alpha value is -1.88. The van der Waals surface area contributed by atoms with Gasteiger partial charge in [-0.15, -0.1) is 0 Å². The van der Waals surface area contributed by atoms with Crippen molar-refractivity contribution < 1.29 is 19.1 Å². The van der Waals surface area contributed by atoms with Crippen molar-refractivity contribution in [1.82, 2.24) is 4.90 Å². The first-order valence-corrected chi connectivity index (χ1v) is 5.99. The van der Waals surface area contributed by atoms with Crippen molar-refractivity contribution in [3.05, 3.63) is 29.8 Å². The molecule has 0 saturated heterocycles. The number of esters is 1. The molecule has 0 aliphatic rings. The van der Waals surface area contributed by atoms with Gasteiger partial charge in [-0.2, -0.15) is 0 Å². The summed E-state index contributed by atoms with van der Waals surface area (Å²) in [6.07, 6.45) is 0.361. The number of hydrogen-bond donors (Lipinski definition) is 0. The number of benzene rings is 1. The van der Waals surface area contributed by atoms with E-state index in [0.717, 1.165) is 5.75 Å². The molecule has 0 saturated carbocycles. The monoisotopic (exact) mass is 265 g/mol. The molecule has 0 aliphatic heterocycles. The molecule has 0 bridgehead atoms. The third-order valence-corrected chi connectivity index (χ3v) is 2.76. The first kappa shape index (κ1) is 15.2. The maximum atomic E-state index is 11.9. The van der Waals surface area contributed by atoms with Crippen LogP contribution in [0.3, 0.4) is 0 Å². The Morgan fingerprint density at radius 2 is 1.79 bits per heavy atom. The van der Waals surface area contributed by atoms with Crippen molar-refractivity contribution in [3.63, 3.8) is 0 Å². The average molecular weight is 265 g/mol. The fourth-order valence-electron chi connectivity index (χ4n) is 1.58. The van der Waals surface area contributed by atoms with Gasteiger partial charge in [-0.3, -0.25) is 14.5 Å². The standard InChI is InChI=1S/C14H19NO4/c1-15(10-14(17)19-3)9-8-13(16)11-4-6-12(18-2)7-5-11/h4-7H,8-10H2,1-3H3. The Bertz CT molecular complexity index is 428. The molecule has 104 valence electrons. The molecule has 0 radical (unpaired) electrons. The lowest BCUT2D eigenvalue weighted by atomic mass is 10.1. The van der Waals surface area contributed by atoms with Crippen molar-refractivity contribution in [1.29, 1.82) is 0 Å². The highest BCUT2D eigenvalue weighted by atomic mass is 16.5. The number of methoxy groups -OCH3 is 2. The van der Waals surface area contributed by atoms with E-state index in [-0.39, 0.29) is 18.3 Å². The van der Waals surface area contributed by atoms with Gasteiger partial charge in [-0.25, -0.2) is 0 Å². The topological polar surface area (TPSA) is 55.8 Å². The van der Waals surface area contributed by atoms with Gasteiger partial charge in [0.25, 0.3) is 0 Å². The van der Waals surface area contributed by atoms with Crippen molar-refractivity contribution in [2.75, 3.05) is 34.4 Å². The summed E-state index contributed by atoms with van der Waals surface area (Å²) < 4.78 is 9.59. The van der Waals surface area contributed by atoms with Gasteiger partial charge >= 0.3 is 5.97 Å². The number of Topliss-reactive ketones (excluding diaryl/α,β-unsaturated/α-hetero) is 1. The van der Waals surface area contributed by atoms with Crippen molar-refractivity contribution in [2.24, 2.45) is 0 Å². The van der Waals surface area contributed by atoms with E-state index >= 15 is 0 Å². The Labute approximate surface area is 113 Å². The first-order chi connectivity index (χ1) is 9.06. The van der Waals surface area contributed by atoms with Crippen LogP contribution in [0.4, 0.5) is 0 Å². The lowest BCUT2D eigenvalue weighted by Gasteiger charge is -2.14. The maximum absolute atomic E-state index is 11.9. The lowest BCUT2D eigenvalue weighted by molar-refractivity contribution is -0.141. The molecular weight excluding hydrogens is 246 g/mol. The van der Waals surface area contributed by atoms with Gasteiger partial charge in [0.1, 0.15) is 5.75 Å². The lowest BCUT2D eigenvalue weighted by Crippen LogP contribution is -2.28. The fourth-order valence-corrected chi connectivity index (χ4v) is 1.58. The molecule has 0 heterocycles. The molecule has 19 heavy (non-hydrogen) atoms. The Kier molecular flexibility index (Phi) is 6.02. The predicted molar refractivity (Wildman–Crippen MR) is 71.5 cm³/mol. The minimum atomic E-state index is -0.306. The third-order valence-electron chi connectivity index (χ3n) is 2.76. The second-order valence-corrected chi connectivity index (χ2v) is 4.22. The molecule has 0 amide bonds. The van der Waals surface area contributed by atoms with Crippen LogP contribution in [0, 0.1) is 0 Å². The molecule has 5 heteroatoms. The molecule has 1 aromatic carbocycles. The number of rotatable bonds is 7. The second-order valence-electron chi connectivity index (χ2n) is 4.22. The number of hydrogen-bond acceptors (Lipinski definition) is 5. The normalized spacial score (nSPS) is 10.3. The van der Waals surface area contributed by atoms with Gasteiger partial charge < -0.3 is 9.47 Å². The predicted octanol–water partition coefficient (Wildman–Crippen LogP) is 1.37. The summed E-state index contributed by atoms with van der Waals surface area (Å²) >= 11 is 0. The fraction of sp³-hybridized carbons (Fsp3) is 0.429. The van der Waals surface area contributed by atoms with Gasteiger partial charge in [-0.1, -0.05) is 0 Å². The van der Waals surface area contributed by atoms with Gasteiger partial charge in [0.15, 0.2) is 5.78 Å². The van der Waals surface area contributed by atoms with E-state index in [1.54, 1.807) is 43.3 Å². The van der Waals surface area contributed by atoms with E-state index in [0.29, 0.717) is 18.5 Å². The highest BCUT2D eigenvalue weighted by molar-refractivity contribution is 5.96. The van der Waals surface area contributed by atoms with E-state index in [4.69, 9.17) is 4.74 Å². The van der Waals surface area contributed by atoms with E-state index in [9.17, 15) is 9.59 Å². The second kappa shape index (κ2) is 7.53. The van der Waals surface area contributed by atoms with E-state index in [1.807, 2.05) is 0 Å². The van der Waals surface area contributed by atoms with Crippen LogP contribution in [0.5, 0.6) is 5.75 Å². The average Bonchev–Trinajstić information content (AvgIpc) is 2.44. The quantitative estimate of drug-likeness (QED) is 0.550. The first-order valence-electron chi connectivity index (χ1n) is 5.99. The SMILES string of the molecule is COC(=O)CN(C)CCC(=O)c1ccc(OC)cc1. The third kappa shape index (κ3) is 5.09. The highest BCUT2D eigenvalue weighted by Crippen LogP contribution is 2.12. The van der Waals surface area contributed by atoms with Crippen molar-refractivity contribution >= 4 is 11.8 Å². The van der Waals surface area contributed by atoms with Crippen LogP contribution < -0.4 is 4.74 Å². The van der Waals surface area contributed by atoms with Gasteiger partial charge in [0, 0.05) is 18.5 Å². The molecule has 0 N–H and O–H groups in total. The molecule has 0 atom stereocenters. The van der Waals surface area contributed by atoms with Crippen LogP contribution in [-0.2, 0) is 9.53 Å². The molecule has 0 spiro atoms. The zero-order valence-corrected chi connectivity index (χ0v) is 11.5. The molecule has 0 aliphatic carbocycles. The van der Waals surface area contributed by atoms with E-state index < -0.39 is 0 Å². The summed E-state index contributed by atoms with van der Waals surface area (Å²) in [7, 11) is 4.70. The smallest absolute Gasteiger partial charge is 0.319 e. The maximum Gasteiger partial charge on any atom is 0.319 e. The van der Waals surface area contributed by atoms with Crippen molar-refractivity contribution in [3.8, 4) is 5.75 Å². The summed E-state index contributed by atoms with van der Waals surface area (Å²) in [5.41, 5.74) is 0.646. The van der Waals surface area contributed by atoms with Gasteiger partial charge in [0.05, 0.1) is 20.8 Å². The highest BCUT2D eigenvalue weighted by Gasteiger charge is 2.10. The molecular formula is C14H19NO4. The van der Waals surface area contributed by atoms with Crippen LogP contribution in [-0.4, -0.2) is 51.0 Å². The number of ether oxygens (including phenoxy) is 2. The molecule has 0 unspecified atom stereocenters. The number of carbonyl (C=O) groups excluding carboxylic acids is 2. The van der Waals surface area contributed by atoms with Crippen LogP contribution in [0.15, 0.2) is 24.3 Å². The van der Waals surface area contributed by atoms with Crippen LogP contribution in [0.1, 0.15) is 16.8 Å². The minimum absolute atomic E-state index is 0.0411. The van der Waals surface area contributed by atoms with Crippen LogP contribution >= 0.6 is 0 Å². The summed E-state index contributed by atoms with van der Waals surface area (Å²) in [6.45, 7) is 0.701. The zero-order valence-electron chi connectivity index (χ0n) is 11.5. The molecule has 5 nitrogen and oxygen atoms in total. The van der Waals surface area contributed by atoms with Crippen LogP contribution in [0.2, 0.25) is 0 Å². The molecule has 1 rings (SSSR count). The number of carbonyl (C=O) groups is 2. The van der Waals surface area contributed by atoms with E-state index in [1.165, 1.54) is 7.11 Å². The number of nitrogens with zero attached hydrogens (tertiary/aromatic N) is 1. The largest absolute Gasteiger partial charge is 0.497 e. The number of ketones is 1. The zero-order chi connectivity index (χ0) is 14.3. The Morgan fingerprint density at radius 3 is 2.32 bits per heavy atom. The number of likely N-dealkylation sites (N-methyl/N-ethyl adjacent to an activating group) is 1. The summed E-state index contributed by atoms with van der Waals surface area (Å²) in [5, 5.41) is 0. The molecule has 0 fully saturated rings. The summed E-state index contributed by atoms with van der Waals surface area (Å²) in [4.78, 5) is 24.7. The molecule has 0 aromatic heterocycles. The van der Waals surface area contributed by atoms with Gasteiger partial charge in [-0.05, 0) is 31.3 Å². The Morgan fingerprint density at radius 1 is 1.16 bits per heavy atom. The van der Waals surface area contributed by atoms with Crippen molar-refractivity contribution in [2.45, 2.75) is 6.42 Å². The Balaban J connectivity index is 2.44. The van der Waals surface area contributed by atoms with Crippen LogP contribution in [0.25, 0.3) is 0 Å². The summed E-state index contributed by atoms with van der Waals surface area (Å²) in [6, 6.07) is 6.99. The molecule has 1 aromatic rings.